The molecule has 0 unspecified atom stereocenters. The fourth-order valence-corrected chi connectivity index (χ4v) is 3.50. The number of ether oxygens (including phenoxy) is 1. The molecule has 2 aromatic heterocycles. The predicted octanol–water partition coefficient (Wildman–Crippen LogP) is 2.02. The van der Waals surface area contributed by atoms with Gasteiger partial charge < -0.3 is 10.1 Å². The van der Waals surface area contributed by atoms with Crippen LogP contribution < -0.4 is 5.32 Å². The van der Waals surface area contributed by atoms with E-state index in [2.05, 4.69) is 21.5 Å². The number of fused-ring (bicyclic) bond motifs is 1. The van der Waals surface area contributed by atoms with Crippen LogP contribution in [-0.2, 0) is 29.4 Å². The van der Waals surface area contributed by atoms with Gasteiger partial charge in [0, 0.05) is 31.1 Å². The SMILES string of the molecule is Cn1cc([C@H]2OCC[C@@H]2C(=O)Nc2cnc3c(c2)CCC3)cn1. The summed E-state index contributed by atoms with van der Waals surface area (Å²) in [6, 6.07) is 2.06. The maximum absolute atomic E-state index is 12.7. The van der Waals surface area contributed by atoms with Gasteiger partial charge in [0.05, 0.1) is 30.1 Å². The Labute approximate surface area is 134 Å². The molecule has 3 heterocycles. The summed E-state index contributed by atoms with van der Waals surface area (Å²) in [6.07, 6.45) is 9.20. The second-order valence-corrected chi connectivity index (χ2v) is 6.31. The monoisotopic (exact) mass is 312 g/mol. The lowest BCUT2D eigenvalue weighted by atomic mass is 9.96. The fourth-order valence-electron chi connectivity index (χ4n) is 3.50. The van der Waals surface area contributed by atoms with Gasteiger partial charge in [-0.15, -0.1) is 0 Å². The standard InChI is InChI=1S/C17H20N4O2/c1-21-10-12(8-19-21)16-14(5-6-23-16)17(22)20-13-7-11-3-2-4-15(11)18-9-13/h7-10,14,16H,2-6H2,1H3,(H,20,22)/t14-,16+/m0/s1. The zero-order valence-corrected chi connectivity index (χ0v) is 13.2. The van der Waals surface area contributed by atoms with Crippen molar-refractivity contribution in [3.8, 4) is 0 Å². The largest absolute Gasteiger partial charge is 0.373 e. The third-order valence-electron chi connectivity index (χ3n) is 4.67. The second kappa shape index (κ2) is 5.77. The molecule has 0 saturated carbocycles. The zero-order valence-electron chi connectivity index (χ0n) is 13.2. The van der Waals surface area contributed by atoms with Gasteiger partial charge in [-0.1, -0.05) is 0 Å². The molecule has 23 heavy (non-hydrogen) atoms. The minimum absolute atomic E-state index is 0.00361. The Morgan fingerprint density at radius 3 is 3.13 bits per heavy atom. The fraction of sp³-hybridized carbons (Fsp3) is 0.471. The molecule has 0 radical (unpaired) electrons. The molecule has 1 aliphatic heterocycles. The van der Waals surface area contributed by atoms with Crippen LogP contribution in [0.4, 0.5) is 5.69 Å². The van der Waals surface area contributed by atoms with E-state index in [-0.39, 0.29) is 17.9 Å². The lowest BCUT2D eigenvalue weighted by Crippen LogP contribution is -2.25. The molecular formula is C17H20N4O2. The number of anilines is 1. The number of rotatable bonds is 3. The van der Waals surface area contributed by atoms with Crippen molar-refractivity contribution < 1.29 is 9.53 Å². The highest BCUT2D eigenvalue weighted by Crippen LogP contribution is 2.35. The zero-order chi connectivity index (χ0) is 15.8. The third kappa shape index (κ3) is 2.74. The van der Waals surface area contributed by atoms with Crippen LogP contribution in [0, 0.1) is 5.92 Å². The number of nitrogens with one attached hydrogen (secondary N) is 1. The lowest BCUT2D eigenvalue weighted by molar-refractivity contribution is -0.121. The first-order valence-electron chi connectivity index (χ1n) is 8.09. The Morgan fingerprint density at radius 1 is 1.39 bits per heavy atom. The number of carbonyl (C=O) groups is 1. The van der Waals surface area contributed by atoms with Gasteiger partial charge in [-0.3, -0.25) is 14.5 Å². The minimum atomic E-state index is -0.217. The molecule has 1 fully saturated rings. The molecule has 120 valence electrons. The Bertz CT molecular complexity index is 740. The van der Waals surface area contributed by atoms with E-state index in [0.717, 1.165) is 36.9 Å². The van der Waals surface area contributed by atoms with E-state index in [1.807, 2.05) is 13.2 Å². The molecule has 2 atom stereocenters. The van der Waals surface area contributed by atoms with E-state index in [1.54, 1.807) is 17.1 Å². The van der Waals surface area contributed by atoms with Crippen molar-refractivity contribution in [2.24, 2.45) is 13.0 Å². The van der Waals surface area contributed by atoms with Gasteiger partial charge in [0.25, 0.3) is 0 Å². The first kappa shape index (κ1) is 14.4. The summed E-state index contributed by atoms with van der Waals surface area (Å²) in [5.74, 6) is -0.191. The Morgan fingerprint density at radius 2 is 2.30 bits per heavy atom. The summed E-state index contributed by atoms with van der Waals surface area (Å²) < 4.78 is 7.50. The first-order chi connectivity index (χ1) is 11.2. The average molecular weight is 312 g/mol. The molecular weight excluding hydrogens is 292 g/mol. The number of carbonyl (C=O) groups excluding carboxylic acids is 1. The molecule has 0 aromatic carbocycles. The van der Waals surface area contributed by atoms with Gasteiger partial charge in [0.1, 0.15) is 0 Å². The van der Waals surface area contributed by atoms with Crippen LogP contribution in [0.25, 0.3) is 0 Å². The number of nitrogens with zero attached hydrogens (tertiary/aromatic N) is 3. The van der Waals surface area contributed by atoms with E-state index in [0.29, 0.717) is 6.61 Å². The van der Waals surface area contributed by atoms with Crippen LogP contribution >= 0.6 is 0 Å². The normalized spacial score (nSPS) is 23.0. The molecule has 1 aliphatic carbocycles. The van der Waals surface area contributed by atoms with Crippen LogP contribution in [0.15, 0.2) is 24.7 Å². The van der Waals surface area contributed by atoms with Gasteiger partial charge in [-0.05, 0) is 37.3 Å². The molecule has 0 bridgehead atoms. The van der Waals surface area contributed by atoms with Crippen molar-refractivity contribution in [3.63, 3.8) is 0 Å². The smallest absolute Gasteiger partial charge is 0.230 e. The van der Waals surface area contributed by atoms with Crippen molar-refractivity contribution in [2.75, 3.05) is 11.9 Å². The van der Waals surface area contributed by atoms with E-state index < -0.39 is 0 Å². The molecule has 6 nitrogen and oxygen atoms in total. The van der Waals surface area contributed by atoms with Gasteiger partial charge in [-0.2, -0.15) is 5.10 Å². The van der Waals surface area contributed by atoms with Crippen LogP contribution in [0.3, 0.4) is 0 Å². The summed E-state index contributed by atoms with van der Waals surface area (Å²) in [7, 11) is 1.86. The quantitative estimate of drug-likeness (QED) is 0.941. The summed E-state index contributed by atoms with van der Waals surface area (Å²) in [4.78, 5) is 17.1. The molecule has 2 aromatic rings. The van der Waals surface area contributed by atoms with Gasteiger partial charge >= 0.3 is 0 Å². The summed E-state index contributed by atoms with van der Waals surface area (Å²) in [5, 5.41) is 7.18. The van der Waals surface area contributed by atoms with E-state index in [4.69, 9.17) is 4.74 Å². The maximum atomic E-state index is 12.7. The van der Waals surface area contributed by atoms with Crippen LogP contribution in [0.5, 0.6) is 0 Å². The molecule has 4 rings (SSSR count). The predicted molar refractivity (Wildman–Crippen MR) is 84.9 cm³/mol. The van der Waals surface area contributed by atoms with Crippen LogP contribution in [0.1, 0.15) is 35.8 Å². The highest BCUT2D eigenvalue weighted by Gasteiger charge is 2.36. The number of hydrogen-bond donors (Lipinski definition) is 1. The molecule has 6 heteroatoms. The second-order valence-electron chi connectivity index (χ2n) is 6.31. The van der Waals surface area contributed by atoms with Crippen LogP contribution in [-0.4, -0.2) is 27.3 Å². The number of aryl methyl sites for hydroxylation is 3. The minimum Gasteiger partial charge on any atom is -0.373 e. The molecule has 2 aliphatic rings. The molecule has 1 amide bonds. The molecule has 1 N–H and O–H groups in total. The molecule has 1 saturated heterocycles. The van der Waals surface area contributed by atoms with E-state index in [9.17, 15) is 4.79 Å². The number of hydrogen-bond acceptors (Lipinski definition) is 4. The van der Waals surface area contributed by atoms with Gasteiger partial charge in [0.2, 0.25) is 5.91 Å². The van der Waals surface area contributed by atoms with Crippen molar-refractivity contribution in [2.45, 2.75) is 31.8 Å². The summed E-state index contributed by atoms with van der Waals surface area (Å²) >= 11 is 0. The Hall–Kier alpha value is -2.21. The van der Waals surface area contributed by atoms with Crippen molar-refractivity contribution in [1.82, 2.24) is 14.8 Å². The Balaban J connectivity index is 1.50. The number of amides is 1. The average Bonchev–Trinajstić information content (AvgIpc) is 3.26. The highest BCUT2D eigenvalue weighted by atomic mass is 16.5. The first-order valence-corrected chi connectivity index (χ1v) is 8.09. The van der Waals surface area contributed by atoms with E-state index in [1.165, 1.54) is 11.3 Å². The van der Waals surface area contributed by atoms with Crippen molar-refractivity contribution in [1.29, 1.82) is 0 Å². The lowest BCUT2D eigenvalue weighted by Gasteiger charge is -2.17. The van der Waals surface area contributed by atoms with Gasteiger partial charge in [-0.25, -0.2) is 0 Å². The van der Waals surface area contributed by atoms with Crippen molar-refractivity contribution >= 4 is 11.6 Å². The molecule has 0 spiro atoms. The maximum Gasteiger partial charge on any atom is 0.230 e. The highest BCUT2D eigenvalue weighted by molar-refractivity contribution is 5.93. The summed E-state index contributed by atoms with van der Waals surface area (Å²) in [6.45, 7) is 0.597. The van der Waals surface area contributed by atoms with Gasteiger partial charge in [0.15, 0.2) is 0 Å². The van der Waals surface area contributed by atoms with E-state index >= 15 is 0 Å². The third-order valence-corrected chi connectivity index (χ3v) is 4.67. The summed E-state index contributed by atoms with van der Waals surface area (Å²) in [5.41, 5.74) is 4.17. The number of aromatic nitrogens is 3. The Kier molecular flexibility index (Phi) is 3.61. The topological polar surface area (TPSA) is 69.0 Å². The number of pyridine rings is 1. The van der Waals surface area contributed by atoms with Crippen LogP contribution in [0.2, 0.25) is 0 Å². The van der Waals surface area contributed by atoms with Crippen molar-refractivity contribution in [3.05, 3.63) is 41.5 Å².